The van der Waals surface area contributed by atoms with E-state index in [4.69, 9.17) is 11.6 Å². The number of aliphatic hydroxyl groups is 1. The van der Waals surface area contributed by atoms with Gasteiger partial charge in [0, 0.05) is 16.0 Å². The third-order valence-corrected chi connectivity index (χ3v) is 6.91. The van der Waals surface area contributed by atoms with Crippen LogP contribution in [-0.4, -0.2) is 10.9 Å². The van der Waals surface area contributed by atoms with Gasteiger partial charge in [0.1, 0.15) is 5.76 Å². The van der Waals surface area contributed by atoms with Crippen LogP contribution in [0.4, 0.5) is 0 Å². The van der Waals surface area contributed by atoms with Crippen LogP contribution in [0, 0.1) is 26.2 Å². The second-order valence-corrected chi connectivity index (χ2v) is 9.20. The van der Waals surface area contributed by atoms with E-state index in [0.29, 0.717) is 10.6 Å². The third-order valence-electron chi connectivity index (χ3n) is 6.60. The highest BCUT2D eigenvalue weighted by molar-refractivity contribution is 6.34. The van der Waals surface area contributed by atoms with Crippen molar-refractivity contribution in [2.75, 3.05) is 0 Å². The van der Waals surface area contributed by atoms with Crippen molar-refractivity contribution in [1.29, 1.82) is 0 Å². The lowest BCUT2D eigenvalue weighted by Crippen LogP contribution is -2.25. The third kappa shape index (κ3) is 4.14. The summed E-state index contributed by atoms with van der Waals surface area (Å²) in [4.78, 5) is 12.6. The summed E-state index contributed by atoms with van der Waals surface area (Å²) in [6, 6.07) is 10.1. The number of benzene rings is 2. The number of halogens is 1. The maximum Gasteiger partial charge on any atom is 0.163 e. The summed E-state index contributed by atoms with van der Waals surface area (Å²) in [5.41, 5.74) is 6.23. The van der Waals surface area contributed by atoms with Crippen molar-refractivity contribution in [2.24, 2.45) is 5.41 Å². The number of hydrogen-bond acceptors (Lipinski definition) is 2. The van der Waals surface area contributed by atoms with Gasteiger partial charge in [-0.05, 0) is 80.5 Å². The molecule has 1 saturated carbocycles. The van der Waals surface area contributed by atoms with E-state index in [1.165, 1.54) is 24.5 Å². The molecule has 2 nitrogen and oxygen atoms in total. The van der Waals surface area contributed by atoms with E-state index in [9.17, 15) is 9.90 Å². The van der Waals surface area contributed by atoms with Gasteiger partial charge in [0.15, 0.2) is 5.78 Å². The van der Waals surface area contributed by atoms with Crippen molar-refractivity contribution >= 4 is 23.0 Å². The summed E-state index contributed by atoms with van der Waals surface area (Å²) in [6.45, 7) is 9.78. The molecule has 0 aliphatic heterocycles. The van der Waals surface area contributed by atoms with Crippen LogP contribution < -0.4 is 0 Å². The molecule has 0 atom stereocenters. The van der Waals surface area contributed by atoms with Crippen molar-refractivity contribution in [3.8, 4) is 11.1 Å². The average molecular weight is 411 g/mol. The summed E-state index contributed by atoms with van der Waals surface area (Å²) >= 11 is 6.72. The van der Waals surface area contributed by atoms with Gasteiger partial charge in [-0.25, -0.2) is 0 Å². The number of ketones is 1. The number of aryl methyl sites for hydroxylation is 2. The molecular formula is C26H31ClO2. The number of Topliss-reactive ketones (excluding diaryl/α,β-unsaturated/α-hetero) is 1. The van der Waals surface area contributed by atoms with E-state index in [-0.39, 0.29) is 17.0 Å². The highest BCUT2D eigenvalue weighted by Gasteiger charge is 2.35. The molecule has 0 heterocycles. The lowest BCUT2D eigenvalue weighted by atomic mass is 9.72. The first-order valence-electron chi connectivity index (χ1n) is 10.5. The molecule has 0 bridgehead atoms. The molecule has 0 saturated heterocycles. The molecule has 0 unspecified atom stereocenters. The Morgan fingerprint density at radius 1 is 1.00 bits per heavy atom. The molecule has 29 heavy (non-hydrogen) atoms. The molecule has 1 N–H and O–H groups in total. The molecule has 2 aromatic rings. The fourth-order valence-electron chi connectivity index (χ4n) is 4.55. The van der Waals surface area contributed by atoms with E-state index < -0.39 is 0 Å². The van der Waals surface area contributed by atoms with E-state index in [0.717, 1.165) is 47.9 Å². The second kappa shape index (κ2) is 8.36. The largest absolute Gasteiger partial charge is 0.511 e. The highest BCUT2D eigenvalue weighted by atomic mass is 35.5. The molecule has 0 spiro atoms. The normalized spacial score (nSPS) is 17.0. The van der Waals surface area contributed by atoms with Crippen LogP contribution in [0.5, 0.6) is 0 Å². The van der Waals surface area contributed by atoms with Crippen molar-refractivity contribution < 1.29 is 9.90 Å². The van der Waals surface area contributed by atoms with Crippen molar-refractivity contribution in [1.82, 2.24) is 0 Å². The van der Waals surface area contributed by atoms with Crippen LogP contribution in [0.3, 0.4) is 0 Å². The summed E-state index contributed by atoms with van der Waals surface area (Å²) in [7, 11) is 0. The number of allylic oxidation sites excluding steroid dienone is 2. The fraction of sp³-hybridized carbons (Fsp3) is 0.423. The molecule has 1 aliphatic rings. The van der Waals surface area contributed by atoms with E-state index >= 15 is 0 Å². The fourth-order valence-corrected chi connectivity index (χ4v) is 4.82. The van der Waals surface area contributed by atoms with Crippen LogP contribution >= 0.6 is 11.6 Å². The summed E-state index contributed by atoms with van der Waals surface area (Å²) in [6.07, 6.45) is 5.16. The lowest BCUT2D eigenvalue weighted by Gasteiger charge is -2.34. The Balaban J connectivity index is 2.17. The van der Waals surface area contributed by atoms with Gasteiger partial charge in [0.05, 0.1) is 5.57 Å². The highest BCUT2D eigenvalue weighted by Crippen LogP contribution is 2.45. The molecule has 0 amide bonds. The van der Waals surface area contributed by atoms with E-state index in [1.54, 1.807) is 0 Å². The molecule has 1 aliphatic carbocycles. The number of aliphatic hydroxyl groups excluding tert-OH is 1. The molecule has 154 valence electrons. The van der Waals surface area contributed by atoms with Crippen LogP contribution in [-0.2, 0) is 4.79 Å². The standard InChI is InChI=1S/C26H31ClO2/c1-16-10-9-11-20(18(16)3)22-14-17(2)21(15-23(22)27)24(19(4)28)25(29)26(5)12-7-6-8-13-26/h9-11,14-15,29H,6-8,12-13H2,1-5H3/b25-24-. The SMILES string of the molecule is CC(=O)/C(=C(/O)C1(C)CCCCC1)c1cc(Cl)c(-c2cccc(C)c2C)cc1C. The van der Waals surface area contributed by atoms with Gasteiger partial charge in [-0.2, -0.15) is 0 Å². The minimum Gasteiger partial charge on any atom is -0.511 e. The molecule has 0 aromatic heterocycles. The summed E-state index contributed by atoms with van der Waals surface area (Å²) in [5, 5.41) is 11.8. The molecule has 1 fully saturated rings. The average Bonchev–Trinajstić information content (AvgIpc) is 2.67. The van der Waals surface area contributed by atoms with Gasteiger partial charge in [-0.15, -0.1) is 0 Å². The zero-order valence-corrected chi connectivity index (χ0v) is 18.9. The Hall–Kier alpha value is -2.06. The monoisotopic (exact) mass is 410 g/mol. The van der Waals surface area contributed by atoms with Crippen LogP contribution in [0.2, 0.25) is 5.02 Å². The minimum absolute atomic E-state index is 0.118. The molecule has 0 radical (unpaired) electrons. The minimum atomic E-state index is -0.343. The van der Waals surface area contributed by atoms with E-state index in [2.05, 4.69) is 32.9 Å². The van der Waals surface area contributed by atoms with Gasteiger partial charge in [-0.1, -0.05) is 56.0 Å². The number of hydrogen-bond donors (Lipinski definition) is 1. The zero-order chi connectivity index (χ0) is 21.3. The molecule has 3 rings (SSSR count). The predicted molar refractivity (Wildman–Crippen MR) is 123 cm³/mol. The smallest absolute Gasteiger partial charge is 0.163 e. The second-order valence-electron chi connectivity index (χ2n) is 8.80. The molecular weight excluding hydrogens is 380 g/mol. The van der Waals surface area contributed by atoms with Crippen LogP contribution in [0.15, 0.2) is 36.1 Å². The van der Waals surface area contributed by atoms with Gasteiger partial charge >= 0.3 is 0 Å². The number of carbonyl (C=O) groups excluding carboxylic acids is 1. The molecule has 3 heteroatoms. The van der Waals surface area contributed by atoms with Crippen LogP contribution in [0.1, 0.15) is 68.2 Å². The maximum absolute atomic E-state index is 12.6. The van der Waals surface area contributed by atoms with Gasteiger partial charge in [0.2, 0.25) is 0 Å². The molecule has 2 aromatic carbocycles. The van der Waals surface area contributed by atoms with Crippen molar-refractivity contribution in [2.45, 2.75) is 66.7 Å². The number of rotatable bonds is 4. The van der Waals surface area contributed by atoms with Gasteiger partial charge in [-0.3, -0.25) is 4.79 Å². The topological polar surface area (TPSA) is 37.3 Å². The number of carbonyl (C=O) groups is 1. The van der Waals surface area contributed by atoms with Gasteiger partial charge in [0.25, 0.3) is 0 Å². The Labute approximate surface area is 179 Å². The Kier molecular flexibility index (Phi) is 6.24. The summed E-state index contributed by atoms with van der Waals surface area (Å²) < 4.78 is 0. The van der Waals surface area contributed by atoms with Crippen molar-refractivity contribution in [3.63, 3.8) is 0 Å². The maximum atomic E-state index is 12.6. The van der Waals surface area contributed by atoms with Gasteiger partial charge < -0.3 is 5.11 Å². The Bertz CT molecular complexity index is 978. The van der Waals surface area contributed by atoms with Crippen LogP contribution in [0.25, 0.3) is 16.7 Å². The zero-order valence-electron chi connectivity index (χ0n) is 18.2. The quantitative estimate of drug-likeness (QED) is 0.413. The Morgan fingerprint density at radius 2 is 1.66 bits per heavy atom. The Morgan fingerprint density at radius 3 is 2.28 bits per heavy atom. The van der Waals surface area contributed by atoms with E-state index in [1.807, 2.05) is 25.1 Å². The first-order valence-corrected chi connectivity index (χ1v) is 10.9. The first kappa shape index (κ1) is 21.6. The predicted octanol–water partition coefficient (Wildman–Crippen LogP) is 7.76. The summed E-state index contributed by atoms with van der Waals surface area (Å²) in [5.74, 6) is 0.108. The van der Waals surface area contributed by atoms with Crippen molar-refractivity contribution in [3.05, 3.63) is 63.4 Å². The first-order chi connectivity index (χ1) is 13.7. The lowest BCUT2D eigenvalue weighted by molar-refractivity contribution is -0.112.